The highest BCUT2D eigenvalue weighted by Gasteiger charge is 2.26. The van der Waals surface area contributed by atoms with Crippen LogP contribution in [0.25, 0.3) is 16.6 Å². The number of aromatic nitrogens is 4. The fourth-order valence-electron chi connectivity index (χ4n) is 4.65. The number of hydrogen-bond donors (Lipinski definition) is 2. The summed E-state index contributed by atoms with van der Waals surface area (Å²) in [5, 5.41) is 7.18. The van der Waals surface area contributed by atoms with Crippen LogP contribution in [0.3, 0.4) is 0 Å². The molecule has 4 aromatic heterocycles. The summed E-state index contributed by atoms with van der Waals surface area (Å²) in [4.78, 5) is 28.9. The molecule has 0 aliphatic carbocycles. The maximum Gasteiger partial charge on any atom is 0.259 e. The number of halogens is 1. The number of rotatable bonds is 3. The van der Waals surface area contributed by atoms with Crippen molar-refractivity contribution in [2.45, 2.75) is 39.8 Å². The molecule has 1 aliphatic rings. The average molecular weight is 448 g/mol. The van der Waals surface area contributed by atoms with E-state index in [0.29, 0.717) is 34.5 Å². The van der Waals surface area contributed by atoms with E-state index in [4.69, 9.17) is 4.98 Å². The van der Waals surface area contributed by atoms with Crippen molar-refractivity contribution in [2.24, 2.45) is 0 Å². The van der Waals surface area contributed by atoms with Gasteiger partial charge in [-0.05, 0) is 39.3 Å². The third kappa shape index (κ3) is 3.89. The van der Waals surface area contributed by atoms with E-state index in [-0.39, 0.29) is 5.65 Å². The number of carbonyl (C=O) groups is 1. The molecule has 1 aliphatic heterocycles. The van der Waals surface area contributed by atoms with E-state index in [0.717, 1.165) is 29.9 Å². The van der Waals surface area contributed by atoms with Gasteiger partial charge < -0.3 is 19.9 Å². The first-order valence-electron chi connectivity index (χ1n) is 11.0. The Morgan fingerprint density at radius 2 is 1.94 bits per heavy atom. The van der Waals surface area contributed by atoms with Crippen molar-refractivity contribution < 1.29 is 9.18 Å². The van der Waals surface area contributed by atoms with Crippen molar-refractivity contribution >= 4 is 34.0 Å². The first-order valence-corrected chi connectivity index (χ1v) is 11.0. The van der Waals surface area contributed by atoms with Gasteiger partial charge in [0.1, 0.15) is 5.82 Å². The standard InChI is InChI=1S/C24H26FN7O/c1-13-5-6-26-21-18(8-27-23(20(13)21)31-9-14(2)28-15(3)10-31)24(33)30-17-7-19(25)22-29-16(4)11-32(22)12-17/h5-8,11-12,14-15,28H,9-10H2,1-4H3,(H,30,33). The van der Waals surface area contributed by atoms with Crippen molar-refractivity contribution in [1.29, 1.82) is 0 Å². The van der Waals surface area contributed by atoms with Gasteiger partial charge in [0, 0.05) is 61.4 Å². The first kappa shape index (κ1) is 21.3. The molecule has 1 amide bonds. The Bertz CT molecular complexity index is 1370. The predicted octanol–water partition coefficient (Wildman–Crippen LogP) is 3.47. The zero-order valence-electron chi connectivity index (χ0n) is 19.1. The number of fused-ring (bicyclic) bond motifs is 2. The number of aryl methyl sites for hydroxylation is 2. The smallest absolute Gasteiger partial charge is 0.259 e. The summed E-state index contributed by atoms with van der Waals surface area (Å²) < 4.78 is 16.0. The predicted molar refractivity (Wildman–Crippen MR) is 126 cm³/mol. The van der Waals surface area contributed by atoms with E-state index in [9.17, 15) is 9.18 Å². The Morgan fingerprint density at radius 3 is 2.70 bits per heavy atom. The van der Waals surface area contributed by atoms with Crippen LogP contribution in [0.4, 0.5) is 15.9 Å². The molecule has 0 radical (unpaired) electrons. The number of piperazine rings is 1. The van der Waals surface area contributed by atoms with Gasteiger partial charge in [0.2, 0.25) is 0 Å². The number of pyridine rings is 3. The molecule has 2 atom stereocenters. The zero-order chi connectivity index (χ0) is 23.3. The van der Waals surface area contributed by atoms with Crippen molar-refractivity contribution in [2.75, 3.05) is 23.3 Å². The van der Waals surface area contributed by atoms with Gasteiger partial charge in [-0.2, -0.15) is 0 Å². The average Bonchev–Trinajstić information content (AvgIpc) is 3.13. The normalized spacial score (nSPS) is 18.8. The molecule has 9 heteroatoms. The van der Waals surface area contributed by atoms with E-state index >= 15 is 0 Å². The van der Waals surface area contributed by atoms with Crippen LogP contribution in [0.1, 0.15) is 35.5 Å². The SMILES string of the molecule is Cc1cn2cc(NC(=O)c3cnc(N4CC(C)NC(C)C4)c4c(C)ccnc34)cc(F)c2n1. The Balaban J connectivity index is 1.54. The van der Waals surface area contributed by atoms with Crippen molar-refractivity contribution in [3.8, 4) is 0 Å². The molecule has 0 saturated carbocycles. The highest BCUT2D eigenvalue weighted by atomic mass is 19.1. The third-order valence-electron chi connectivity index (χ3n) is 5.94. The van der Waals surface area contributed by atoms with E-state index in [1.165, 1.54) is 6.07 Å². The van der Waals surface area contributed by atoms with Crippen LogP contribution in [-0.4, -0.2) is 50.4 Å². The minimum Gasteiger partial charge on any atom is -0.353 e. The summed E-state index contributed by atoms with van der Waals surface area (Å²) in [6.07, 6.45) is 6.61. The molecule has 1 saturated heterocycles. The molecule has 170 valence electrons. The van der Waals surface area contributed by atoms with Gasteiger partial charge in [-0.3, -0.25) is 9.78 Å². The third-order valence-corrected chi connectivity index (χ3v) is 5.94. The Hall–Kier alpha value is -3.59. The van der Waals surface area contributed by atoms with E-state index in [1.807, 2.05) is 13.0 Å². The molecule has 0 spiro atoms. The quantitative estimate of drug-likeness (QED) is 0.500. The molecule has 5 rings (SSSR count). The fraction of sp³-hybridized carbons (Fsp3) is 0.333. The number of hydrogen-bond acceptors (Lipinski definition) is 6. The summed E-state index contributed by atoms with van der Waals surface area (Å²) in [6.45, 7) is 9.71. The lowest BCUT2D eigenvalue weighted by Crippen LogP contribution is -2.54. The lowest BCUT2D eigenvalue weighted by molar-refractivity contribution is 0.102. The molecule has 5 heterocycles. The Kier molecular flexibility index (Phi) is 5.20. The van der Waals surface area contributed by atoms with Crippen LogP contribution in [0, 0.1) is 19.7 Å². The van der Waals surface area contributed by atoms with Crippen LogP contribution in [0.5, 0.6) is 0 Å². The first-order chi connectivity index (χ1) is 15.8. The van der Waals surface area contributed by atoms with Crippen LogP contribution in [0.2, 0.25) is 0 Å². The highest BCUT2D eigenvalue weighted by molar-refractivity contribution is 6.13. The minimum atomic E-state index is -0.504. The molecule has 8 nitrogen and oxygen atoms in total. The summed E-state index contributed by atoms with van der Waals surface area (Å²) in [6, 6.07) is 3.84. The van der Waals surface area contributed by atoms with E-state index < -0.39 is 11.7 Å². The van der Waals surface area contributed by atoms with E-state index in [2.05, 4.69) is 39.3 Å². The number of nitrogens with one attached hydrogen (secondary N) is 2. The van der Waals surface area contributed by atoms with Gasteiger partial charge in [0.05, 0.1) is 22.5 Å². The molecular formula is C24H26FN7O. The molecular weight excluding hydrogens is 421 g/mol. The topological polar surface area (TPSA) is 87.5 Å². The molecule has 0 aromatic carbocycles. The lowest BCUT2D eigenvalue weighted by atomic mass is 10.1. The Morgan fingerprint density at radius 1 is 1.18 bits per heavy atom. The molecule has 2 unspecified atom stereocenters. The van der Waals surface area contributed by atoms with Crippen molar-refractivity contribution in [3.05, 3.63) is 59.6 Å². The van der Waals surface area contributed by atoms with Crippen LogP contribution in [0.15, 0.2) is 36.9 Å². The number of nitrogens with zero attached hydrogens (tertiary/aromatic N) is 5. The largest absolute Gasteiger partial charge is 0.353 e. The molecule has 0 bridgehead atoms. The summed E-state index contributed by atoms with van der Waals surface area (Å²) in [7, 11) is 0. The van der Waals surface area contributed by atoms with Crippen LogP contribution < -0.4 is 15.5 Å². The van der Waals surface area contributed by atoms with Gasteiger partial charge in [-0.15, -0.1) is 0 Å². The van der Waals surface area contributed by atoms with Gasteiger partial charge >= 0.3 is 0 Å². The second-order valence-electron chi connectivity index (χ2n) is 8.86. The van der Waals surface area contributed by atoms with Crippen molar-refractivity contribution in [3.63, 3.8) is 0 Å². The number of carbonyl (C=O) groups excluding carboxylic acids is 1. The molecule has 2 N–H and O–H groups in total. The second-order valence-corrected chi connectivity index (χ2v) is 8.86. The van der Waals surface area contributed by atoms with Crippen molar-refractivity contribution in [1.82, 2.24) is 24.7 Å². The summed E-state index contributed by atoms with van der Waals surface area (Å²) >= 11 is 0. The molecule has 4 aromatic rings. The lowest BCUT2D eigenvalue weighted by Gasteiger charge is -2.37. The minimum absolute atomic E-state index is 0.221. The fourth-order valence-corrected chi connectivity index (χ4v) is 4.65. The van der Waals surface area contributed by atoms with E-state index in [1.54, 1.807) is 36.1 Å². The number of anilines is 2. The second kappa shape index (κ2) is 8.08. The van der Waals surface area contributed by atoms with Gasteiger partial charge in [0.25, 0.3) is 5.91 Å². The van der Waals surface area contributed by atoms with Gasteiger partial charge in [0.15, 0.2) is 11.5 Å². The maximum atomic E-state index is 14.5. The molecule has 33 heavy (non-hydrogen) atoms. The summed E-state index contributed by atoms with van der Waals surface area (Å²) in [5.74, 6) is -0.0707. The molecule has 1 fully saturated rings. The zero-order valence-corrected chi connectivity index (χ0v) is 19.1. The highest BCUT2D eigenvalue weighted by Crippen LogP contribution is 2.30. The van der Waals surface area contributed by atoms with Gasteiger partial charge in [-0.1, -0.05) is 0 Å². The summed E-state index contributed by atoms with van der Waals surface area (Å²) in [5.41, 5.74) is 3.17. The monoisotopic (exact) mass is 447 g/mol. The Labute approximate surface area is 190 Å². The van der Waals surface area contributed by atoms with Crippen LogP contribution in [-0.2, 0) is 0 Å². The van der Waals surface area contributed by atoms with Gasteiger partial charge in [-0.25, -0.2) is 14.4 Å². The number of imidazole rings is 1. The number of amides is 1. The maximum absolute atomic E-state index is 14.5. The van der Waals surface area contributed by atoms with Crippen LogP contribution >= 0.6 is 0 Å².